The lowest BCUT2D eigenvalue weighted by molar-refractivity contribution is -0.160. The summed E-state index contributed by atoms with van der Waals surface area (Å²) in [7, 11) is 0. The number of nitrogens with zero attached hydrogens (tertiary/aromatic N) is 2. The average molecular weight is 414 g/mol. The third-order valence-electron chi connectivity index (χ3n) is 6.78. The fourth-order valence-corrected chi connectivity index (χ4v) is 5.50. The molecule has 30 heavy (non-hydrogen) atoms. The van der Waals surface area contributed by atoms with Crippen LogP contribution in [0, 0.1) is 17.7 Å². The summed E-state index contributed by atoms with van der Waals surface area (Å²) in [5.41, 5.74) is 0.981. The van der Waals surface area contributed by atoms with Crippen molar-refractivity contribution in [2.24, 2.45) is 11.8 Å². The summed E-state index contributed by atoms with van der Waals surface area (Å²) >= 11 is 0. The zero-order chi connectivity index (χ0) is 21.1. The Kier molecular flexibility index (Phi) is 6.52. The van der Waals surface area contributed by atoms with Crippen molar-refractivity contribution >= 4 is 17.9 Å². The van der Waals surface area contributed by atoms with Gasteiger partial charge in [0.25, 0.3) is 0 Å². The molecule has 0 unspecified atom stereocenters. The Labute approximate surface area is 178 Å². The molecule has 3 saturated heterocycles. The number of benzene rings is 1. The largest absolute Gasteiger partial charge is 0.354 e. The lowest BCUT2D eigenvalue weighted by atomic mass is 9.71. The number of rotatable bonds is 6. The van der Waals surface area contributed by atoms with Gasteiger partial charge < -0.3 is 10.2 Å². The van der Waals surface area contributed by atoms with E-state index in [-0.39, 0.29) is 35.6 Å². The van der Waals surface area contributed by atoms with Gasteiger partial charge in [-0.3, -0.25) is 14.5 Å². The maximum absolute atomic E-state index is 13.1. The van der Waals surface area contributed by atoms with E-state index in [4.69, 9.17) is 0 Å². The minimum atomic E-state index is -0.338. The minimum absolute atomic E-state index is 0.0178. The van der Waals surface area contributed by atoms with Crippen molar-refractivity contribution < 1.29 is 14.0 Å². The molecule has 5 nitrogen and oxygen atoms in total. The molecule has 4 atom stereocenters. The summed E-state index contributed by atoms with van der Waals surface area (Å²) in [4.78, 5) is 30.2. The predicted octanol–water partition coefficient (Wildman–Crippen LogP) is 3.07. The highest BCUT2D eigenvalue weighted by Crippen LogP contribution is 2.41. The van der Waals surface area contributed by atoms with E-state index in [1.807, 2.05) is 17.9 Å². The second-order valence-corrected chi connectivity index (χ2v) is 8.92. The number of carbonyl (C=O) groups excluding carboxylic acids is 2. The second-order valence-electron chi connectivity index (χ2n) is 8.92. The molecule has 3 fully saturated rings. The van der Waals surface area contributed by atoms with E-state index in [9.17, 15) is 14.0 Å². The highest BCUT2D eigenvalue weighted by molar-refractivity contribution is 5.89. The number of hydrogen-bond donors (Lipinski definition) is 1. The molecule has 6 heteroatoms. The van der Waals surface area contributed by atoms with Crippen molar-refractivity contribution in [1.29, 1.82) is 0 Å². The Bertz CT molecular complexity index is 794. The normalized spacial score (nSPS) is 29.1. The maximum Gasteiger partial charge on any atom is 0.243 e. The van der Waals surface area contributed by atoms with E-state index in [0.29, 0.717) is 18.9 Å². The quantitative estimate of drug-likeness (QED) is 0.780. The van der Waals surface area contributed by atoms with Crippen LogP contribution >= 0.6 is 0 Å². The molecule has 1 aromatic carbocycles. The van der Waals surface area contributed by atoms with Crippen molar-refractivity contribution in [2.45, 2.75) is 51.1 Å². The van der Waals surface area contributed by atoms with Crippen molar-refractivity contribution in [3.8, 4) is 0 Å². The Morgan fingerprint density at radius 2 is 2.00 bits per heavy atom. The molecule has 162 valence electrons. The molecule has 3 aliphatic heterocycles. The summed E-state index contributed by atoms with van der Waals surface area (Å²) in [6.45, 7) is 5.28. The molecule has 3 aliphatic rings. The van der Waals surface area contributed by atoms with E-state index in [1.54, 1.807) is 12.1 Å². The fourth-order valence-electron chi connectivity index (χ4n) is 5.50. The van der Waals surface area contributed by atoms with Gasteiger partial charge in [0.05, 0.1) is 0 Å². The first-order chi connectivity index (χ1) is 14.6. The highest BCUT2D eigenvalue weighted by Gasteiger charge is 2.51. The van der Waals surface area contributed by atoms with E-state index in [0.717, 1.165) is 50.9 Å². The van der Waals surface area contributed by atoms with Gasteiger partial charge in [-0.25, -0.2) is 4.39 Å². The number of nitrogens with one attached hydrogen (secondary N) is 1. The van der Waals surface area contributed by atoms with Gasteiger partial charge >= 0.3 is 0 Å². The molecule has 4 rings (SSSR count). The van der Waals surface area contributed by atoms with Crippen molar-refractivity contribution in [3.05, 3.63) is 41.7 Å². The lowest BCUT2D eigenvalue weighted by Gasteiger charge is -2.55. The smallest absolute Gasteiger partial charge is 0.243 e. The van der Waals surface area contributed by atoms with Gasteiger partial charge in [0, 0.05) is 44.6 Å². The average Bonchev–Trinajstić information content (AvgIpc) is 2.74. The number of likely N-dealkylation sites (tertiary alicyclic amines) is 1. The molecule has 0 spiro atoms. The number of carbonyl (C=O) groups is 2. The summed E-state index contributed by atoms with van der Waals surface area (Å²) < 4.78 is 13.1. The SMILES string of the molecule is CCCNC(=O)[C@H]1[C@@H]2C[C@@H](CN(C/C=C/c3ccc(F)cc3)C2)[C@@H]2CCCC(=O)N21. The zero-order valence-electron chi connectivity index (χ0n) is 17.7. The van der Waals surface area contributed by atoms with Crippen molar-refractivity contribution in [2.75, 3.05) is 26.2 Å². The van der Waals surface area contributed by atoms with Gasteiger partial charge in [-0.1, -0.05) is 31.2 Å². The lowest BCUT2D eigenvalue weighted by Crippen LogP contribution is -2.68. The van der Waals surface area contributed by atoms with Crippen LogP contribution in [0.3, 0.4) is 0 Å². The number of piperidine rings is 3. The Morgan fingerprint density at radius 3 is 2.77 bits per heavy atom. The van der Waals surface area contributed by atoms with Crippen molar-refractivity contribution in [1.82, 2.24) is 15.1 Å². The van der Waals surface area contributed by atoms with E-state index < -0.39 is 0 Å². The van der Waals surface area contributed by atoms with Crippen LogP contribution in [0.4, 0.5) is 4.39 Å². The van der Waals surface area contributed by atoms with Gasteiger partial charge in [-0.2, -0.15) is 0 Å². The van der Waals surface area contributed by atoms with Crippen LogP contribution in [-0.4, -0.2) is 59.9 Å². The molecule has 0 saturated carbocycles. The Hall–Kier alpha value is -2.21. The van der Waals surface area contributed by atoms with Gasteiger partial charge in [-0.15, -0.1) is 0 Å². The van der Waals surface area contributed by atoms with E-state index in [2.05, 4.69) is 16.3 Å². The molecule has 2 amide bonds. The third kappa shape index (κ3) is 4.43. The van der Waals surface area contributed by atoms with Gasteiger partial charge in [-0.05, 0) is 49.3 Å². The van der Waals surface area contributed by atoms with Gasteiger partial charge in [0.15, 0.2) is 0 Å². The first kappa shape index (κ1) is 21.0. The third-order valence-corrected chi connectivity index (χ3v) is 6.78. The summed E-state index contributed by atoms with van der Waals surface area (Å²) in [5.74, 6) is 0.557. The minimum Gasteiger partial charge on any atom is -0.354 e. The molecular weight excluding hydrogens is 381 g/mol. The standard InChI is InChI=1S/C24H32FN3O2/c1-2-12-26-24(30)23-19-14-18(21-6-3-7-22(29)28(21)23)15-27(16-19)13-4-5-17-8-10-20(25)11-9-17/h4-5,8-11,18-19,21,23H,2-3,6-7,12-16H2,1H3,(H,26,30)/b5-4+/t18-,19+,21-,23+/m0/s1. The zero-order valence-corrected chi connectivity index (χ0v) is 17.7. The van der Waals surface area contributed by atoms with E-state index in [1.165, 1.54) is 12.1 Å². The van der Waals surface area contributed by atoms with Crippen LogP contribution in [0.15, 0.2) is 30.3 Å². The molecular formula is C24H32FN3O2. The van der Waals surface area contributed by atoms with Crippen LogP contribution in [0.5, 0.6) is 0 Å². The molecule has 0 aliphatic carbocycles. The van der Waals surface area contributed by atoms with Crippen LogP contribution in [0.2, 0.25) is 0 Å². The number of hydrogen-bond acceptors (Lipinski definition) is 3. The number of fused-ring (bicyclic) bond motifs is 4. The summed E-state index contributed by atoms with van der Waals surface area (Å²) in [6, 6.07) is 6.34. The topological polar surface area (TPSA) is 52.7 Å². The first-order valence-corrected chi connectivity index (χ1v) is 11.3. The summed E-state index contributed by atoms with van der Waals surface area (Å²) in [5, 5.41) is 3.05. The Balaban J connectivity index is 1.47. The number of halogens is 1. The fraction of sp³-hybridized carbons (Fsp3) is 0.583. The van der Waals surface area contributed by atoms with Crippen LogP contribution in [0.1, 0.15) is 44.6 Å². The van der Waals surface area contributed by atoms with Gasteiger partial charge in [0.2, 0.25) is 11.8 Å². The maximum atomic E-state index is 13.1. The van der Waals surface area contributed by atoms with Crippen LogP contribution in [0.25, 0.3) is 6.08 Å². The molecule has 1 aromatic rings. The molecule has 2 bridgehead atoms. The highest BCUT2D eigenvalue weighted by atomic mass is 19.1. The van der Waals surface area contributed by atoms with Crippen LogP contribution in [-0.2, 0) is 9.59 Å². The van der Waals surface area contributed by atoms with Gasteiger partial charge in [0.1, 0.15) is 11.9 Å². The number of amides is 2. The second kappa shape index (κ2) is 9.29. The predicted molar refractivity (Wildman–Crippen MR) is 115 cm³/mol. The Morgan fingerprint density at radius 1 is 1.23 bits per heavy atom. The van der Waals surface area contributed by atoms with E-state index >= 15 is 0 Å². The molecule has 0 radical (unpaired) electrons. The summed E-state index contributed by atoms with van der Waals surface area (Å²) in [6.07, 6.45) is 8.54. The van der Waals surface area contributed by atoms with Crippen molar-refractivity contribution in [3.63, 3.8) is 0 Å². The monoisotopic (exact) mass is 413 g/mol. The van der Waals surface area contributed by atoms with Crippen LogP contribution < -0.4 is 5.32 Å². The molecule has 1 N–H and O–H groups in total. The molecule has 0 aromatic heterocycles. The first-order valence-electron chi connectivity index (χ1n) is 11.3. The molecule has 3 heterocycles.